The largest absolute Gasteiger partial charge is 0.264 e. The highest BCUT2D eigenvalue weighted by Gasteiger charge is 2.13. The lowest BCUT2D eigenvalue weighted by molar-refractivity contribution is 1.07. The van der Waals surface area contributed by atoms with E-state index in [4.69, 9.17) is 15.0 Å². The zero-order valence-electron chi connectivity index (χ0n) is 22.8. The molecular weight excluding hydrogens is 512 g/mol. The molecule has 0 aliphatic heterocycles. The Morgan fingerprint density at radius 2 is 0.643 bits per heavy atom. The molecule has 2 heterocycles. The molecule has 2 aromatic heterocycles. The molecule has 0 spiro atoms. The van der Waals surface area contributed by atoms with Gasteiger partial charge in [-0.2, -0.15) is 0 Å². The number of rotatable bonds is 6. The Morgan fingerprint density at radius 1 is 0.286 bits per heavy atom. The van der Waals surface area contributed by atoms with Gasteiger partial charge < -0.3 is 0 Å². The quantitative estimate of drug-likeness (QED) is 0.212. The molecule has 198 valence electrons. The molecule has 0 aliphatic rings. The summed E-state index contributed by atoms with van der Waals surface area (Å²) in [6.07, 6.45) is 3.70. The van der Waals surface area contributed by atoms with Crippen molar-refractivity contribution in [2.75, 3.05) is 0 Å². The molecule has 7 rings (SSSR count). The third-order valence-corrected chi connectivity index (χ3v) is 7.21. The van der Waals surface area contributed by atoms with E-state index in [2.05, 4.69) is 83.8 Å². The van der Waals surface area contributed by atoms with Gasteiger partial charge in [-0.05, 0) is 52.1 Å². The van der Waals surface area contributed by atoms with Crippen LogP contribution in [0.25, 0.3) is 67.5 Å². The van der Waals surface area contributed by atoms with Crippen LogP contribution in [0.15, 0.2) is 158 Å². The average molecular weight is 539 g/mol. The molecule has 0 amide bonds. The molecule has 42 heavy (non-hydrogen) atoms. The first-order valence-corrected chi connectivity index (χ1v) is 13.9. The van der Waals surface area contributed by atoms with Gasteiger partial charge >= 0.3 is 0 Å². The molecule has 4 heteroatoms. The highest BCUT2D eigenvalue weighted by atomic mass is 15.0. The van der Waals surface area contributed by atoms with Crippen LogP contribution in [0.3, 0.4) is 0 Å². The van der Waals surface area contributed by atoms with Crippen molar-refractivity contribution in [1.82, 2.24) is 19.9 Å². The molecule has 0 saturated heterocycles. The lowest BCUT2D eigenvalue weighted by atomic mass is 9.96. The molecule has 5 aromatic carbocycles. The normalized spacial score (nSPS) is 10.9. The van der Waals surface area contributed by atoms with E-state index < -0.39 is 0 Å². The summed E-state index contributed by atoms with van der Waals surface area (Å²) in [7, 11) is 0. The van der Waals surface area contributed by atoms with E-state index in [0.29, 0.717) is 17.5 Å². The molecule has 7 aromatic rings. The second-order valence-electron chi connectivity index (χ2n) is 10.0. The second kappa shape index (κ2) is 11.4. The molecule has 0 saturated carbocycles. The first-order valence-electron chi connectivity index (χ1n) is 13.9. The van der Waals surface area contributed by atoms with Gasteiger partial charge in [0.1, 0.15) is 0 Å². The van der Waals surface area contributed by atoms with Crippen molar-refractivity contribution in [3.05, 3.63) is 158 Å². The van der Waals surface area contributed by atoms with Crippen LogP contribution in [-0.2, 0) is 0 Å². The lowest BCUT2D eigenvalue weighted by Gasteiger charge is -2.11. The maximum atomic E-state index is 4.91. The van der Waals surface area contributed by atoms with Gasteiger partial charge in [0, 0.05) is 34.6 Å². The molecule has 0 fully saturated rings. The molecule has 0 aliphatic carbocycles. The smallest absolute Gasteiger partial charge is 0.164 e. The van der Waals surface area contributed by atoms with Crippen molar-refractivity contribution in [3.63, 3.8) is 0 Å². The first-order chi connectivity index (χ1) is 20.8. The van der Waals surface area contributed by atoms with E-state index in [1.165, 1.54) is 0 Å². The third-order valence-electron chi connectivity index (χ3n) is 7.21. The van der Waals surface area contributed by atoms with Crippen LogP contribution < -0.4 is 0 Å². The average Bonchev–Trinajstić information content (AvgIpc) is 3.09. The Kier molecular flexibility index (Phi) is 6.85. The van der Waals surface area contributed by atoms with Crippen LogP contribution in [0.1, 0.15) is 0 Å². The van der Waals surface area contributed by atoms with E-state index in [1.54, 1.807) is 6.20 Å². The van der Waals surface area contributed by atoms with Gasteiger partial charge in [0.15, 0.2) is 17.5 Å². The van der Waals surface area contributed by atoms with Gasteiger partial charge in [-0.1, -0.05) is 121 Å². The standard InChI is InChI=1S/C38H26N4/c1-3-11-27(12-4-1)36-40-37(28-13-5-2-6-14-28)42-38(41-36)34-20-9-18-32(25-34)30-16-7-15-29(23-30)31-17-8-19-33(24-31)35-21-10-22-39-26-35/h1-26H. The van der Waals surface area contributed by atoms with Crippen LogP contribution in [0.4, 0.5) is 0 Å². The number of benzene rings is 5. The van der Waals surface area contributed by atoms with Crippen LogP contribution in [0, 0.1) is 0 Å². The van der Waals surface area contributed by atoms with Crippen LogP contribution >= 0.6 is 0 Å². The highest BCUT2D eigenvalue weighted by molar-refractivity contribution is 5.78. The van der Waals surface area contributed by atoms with Crippen molar-refractivity contribution in [2.45, 2.75) is 0 Å². The predicted octanol–water partition coefficient (Wildman–Crippen LogP) is 9.27. The molecular formula is C38H26N4. The van der Waals surface area contributed by atoms with Gasteiger partial charge in [-0.15, -0.1) is 0 Å². The number of hydrogen-bond donors (Lipinski definition) is 0. The van der Waals surface area contributed by atoms with Crippen LogP contribution in [0.5, 0.6) is 0 Å². The minimum atomic E-state index is 0.643. The lowest BCUT2D eigenvalue weighted by Crippen LogP contribution is -2.00. The fourth-order valence-electron chi connectivity index (χ4n) is 5.07. The van der Waals surface area contributed by atoms with Gasteiger partial charge in [-0.25, -0.2) is 15.0 Å². The van der Waals surface area contributed by atoms with E-state index in [9.17, 15) is 0 Å². The van der Waals surface area contributed by atoms with Crippen molar-refractivity contribution >= 4 is 0 Å². The van der Waals surface area contributed by atoms with E-state index in [0.717, 1.165) is 50.1 Å². The highest BCUT2D eigenvalue weighted by Crippen LogP contribution is 2.32. The van der Waals surface area contributed by atoms with Gasteiger partial charge in [0.25, 0.3) is 0 Å². The maximum absolute atomic E-state index is 4.91. The fourth-order valence-corrected chi connectivity index (χ4v) is 5.07. The number of nitrogens with zero attached hydrogens (tertiary/aromatic N) is 4. The van der Waals surface area contributed by atoms with Crippen molar-refractivity contribution in [3.8, 4) is 67.5 Å². The summed E-state index contributed by atoms with van der Waals surface area (Å²) in [5.74, 6) is 1.95. The topological polar surface area (TPSA) is 51.6 Å². The predicted molar refractivity (Wildman–Crippen MR) is 170 cm³/mol. The number of pyridine rings is 1. The SMILES string of the molecule is c1ccc(-c2nc(-c3ccccc3)nc(-c3cccc(-c4cccc(-c5cccc(-c6cccnc6)c5)c4)c3)n2)cc1. The Morgan fingerprint density at radius 3 is 1.10 bits per heavy atom. The van der Waals surface area contributed by atoms with Crippen molar-refractivity contribution in [2.24, 2.45) is 0 Å². The monoisotopic (exact) mass is 538 g/mol. The Bertz CT molecular complexity index is 1910. The summed E-state index contributed by atoms with van der Waals surface area (Å²) in [6.45, 7) is 0. The van der Waals surface area contributed by atoms with Crippen molar-refractivity contribution in [1.29, 1.82) is 0 Å². The Labute approximate surface area is 245 Å². The number of hydrogen-bond acceptors (Lipinski definition) is 4. The van der Waals surface area contributed by atoms with Gasteiger partial charge in [0.05, 0.1) is 0 Å². The zero-order valence-corrected chi connectivity index (χ0v) is 22.8. The molecule has 0 N–H and O–H groups in total. The molecule has 0 atom stereocenters. The molecule has 4 nitrogen and oxygen atoms in total. The van der Waals surface area contributed by atoms with E-state index in [-0.39, 0.29) is 0 Å². The summed E-state index contributed by atoms with van der Waals surface area (Å²) < 4.78 is 0. The molecule has 0 radical (unpaired) electrons. The zero-order chi connectivity index (χ0) is 28.1. The Hall–Kier alpha value is -5.74. The number of aromatic nitrogens is 4. The van der Waals surface area contributed by atoms with E-state index >= 15 is 0 Å². The third kappa shape index (κ3) is 5.34. The van der Waals surface area contributed by atoms with E-state index in [1.807, 2.05) is 72.9 Å². The fraction of sp³-hybridized carbons (Fsp3) is 0. The van der Waals surface area contributed by atoms with Gasteiger partial charge in [-0.3, -0.25) is 4.98 Å². The summed E-state index contributed by atoms with van der Waals surface area (Å²) in [4.78, 5) is 18.9. The minimum absolute atomic E-state index is 0.643. The maximum Gasteiger partial charge on any atom is 0.164 e. The molecule has 0 bridgehead atoms. The summed E-state index contributed by atoms with van der Waals surface area (Å²) >= 11 is 0. The molecule has 0 unspecified atom stereocenters. The second-order valence-corrected chi connectivity index (χ2v) is 10.0. The van der Waals surface area contributed by atoms with Crippen molar-refractivity contribution < 1.29 is 0 Å². The summed E-state index contributed by atoms with van der Waals surface area (Å²) in [5.41, 5.74) is 9.63. The summed E-state index contributed by atoms with van der Waals surface area (Å²) in [6, 6.07) is 49.8. The van der Waals surface area contributed by atoms with Crippen LogP contribution in [0.2, 0.25) is 0 Å². The first kappa shape index (κ1) is 25.2. The summed E-state index contributed by atoms with van der Waals surface area (Å²) in [5, 5.41) is 0. The van der Waals surface area contributed by atoms with Crippen LogP contribution in [-0.4, -0.2) is 19.9 Å². The van der Waals surface area contributed by atoms with Gasteiger partial charge in [0.2, 0.25) is 0 Å². The Balaban J connectivity index is 1.28. The minimum Gasteiger partial charge on any atom is -0.264 e.